The van der Waals surface area contributed by atoms with Crippen molar-refractivity contribution >= 4 is 33.9 Å². The summed E-state index contributed by atoms with van der Waals surface area (Å²) in [6.07, 6.45) is 2.67. The summed E-state index contributed by atoms with van der Waals surface area (Å²) in [5, 5.41) is 5.31. The van der Waals surface area contributed by atoms with Gasteiger partial charge in [0.05, 0.1) is 12.7 Å². The van der Waals surface area contributed by atoms with Crippen LogP contribution in [-0.4, -0.2) is 48.3 Å². The van der Waals surface area contributed by atoms with Gasteiger partial charge >= 0.3 is 12.1 Å². The first-order valence-corrected chi connectivity index (χ1v) is 9.39. The zero-order valence-corrected chi connectivity index (χ0v) is 17.6. The maximum atomic E-state index is 12.3. The van der Waals surface area contributed by atoms with Gasteiger partial charge in [-0.1, -0.05) is 0 Å². The Morgan fingerprint density at radius 2 is 1.96 bits per heavy atom. The van der Waals surface area contributed by atoms with E-state index < -0.39 is 29.6 Å². The van der Waals surface area contributed by atoms with Crippen molar-refractivity contribution in [1.29, 1.82) is 0 Å². The number of methoxy groups -OCH3 is 1. The van der Waals surface area contributed by atoms with E-state index in [9.17, 15) is 14.4 Å². The molecule has 0 unspecified atom stereocenters. The summed E-state index contributed by atoms with van der Waals surface area (Å²) in [5.74, 6) is -0.944. The van der Waals surface area contributed by atoms with Crippen LogP contribution in [0.4, 0.5) is 4.79 Å². The first kappa shape index (κ1) is 22.9. The number of rotatable bonds is 8. The Balaban J connectivity index is 2.47. The molecular formula is C18H26BrN3O5. The van der Waals surface area contributed by atoms with Crippen LogP contribution in [0, 0.1) is 0 Å². The number of hydrogen-bond acceptors (Lipinski definition) is 6. The van der Waals surface area contributed by atoms with Crippen molar-refractivity contribution in [2.75, 3.05) is 13.7 Å². The van der Waals surface area contributed by atoms with Crippen molar-refractivity contribution in [2.45, 2.75) is 51.7 Å². The van der Waals surface area contributed by atoms with E-state index in [-0.39, 0.29) is 0 Å². The highest BCUT2D eigenvalue weighted by molar-refractivity contribution is 9.10. The summed E-state index contributed by atoms with van der Waals surface area (Å²) >= 11 is 3.21. The molecule has 9 heteroatoms. The standard InChI is InChI=1S/C18H26BrN3O5/c1-18(2,3)27-17(25)21-10-6-5-9-13(16(24)26-4)22-15(23)12-8-7-11-20-14(12)19/h7-8,11,13H,5-6,9-10H2,1-4H3,(H,21,25)(H,22,23)/t13-/m0/s1. The van der Waals surface area contributed by atoms with Crippen LogP contribution in [0.5, 0.6) is 0 Å². The number of aromatic nitrogens is 1. The summed E-state index contributed by atoms with van der Waals surface area (Å²) in [5.41, 5.74) is -0.219. The lowest BCUT2D eigenvalue weighted by molar-refractivity contribution is -0.143. The summed E-state index contributed by atoms with van der Waals surface area (Å²) < 4.78 is 10.3. The molecule has 2 N–H and O–H groups in total. The summed E-state index contributed by atoms with van der Waals surface area (Å²) in [7, 11) is 1.27. The number of ether oxygens (including phenoxy) is 2. The second-order valence-corrected chi connectivity index (χ2v) is 7.57. The molecule has 0 aliphatic rings. The molecule has 0 saturated carbocycles. The monoisotopic (exact) mass is 443 g/mol. The fourth-order valence-electron chi connectivity index (χ4n) is 2.16. The van der Waals surface area contributed by atoms with E-state index in [0.717, 1.165) is 0 Å². The molecule has 0 radical (unpaired) electrons. The second-order valence-electron chi connectivity index (χ2n) is 6.82. The number of carbonyl (C=O) groups excluding carboxylic acids is 3. The Hall–Kier alpha value is -2.16. The molecule has 0 spiro atoms. The third-order valence-corrected chi connectivity index (χ3v) is 4.01. The molecule has 0 bridgehead atoms. The van der Waals surface area contributed by atoms with Gasteiger partial charge in [0.1, 0.15) is 16.2 Å². The van der Waals surface area contributed by atoms with Crippen molar-refractivity contribution in [3.8, 4) is 0 Å². The molecule has 1 aromatic heterocycles. The molecule has 1 rings (SSSR count). The summed E-state index contributed by atoms with van der Waals surface area (Å²) in [4.78, 5) is 39.8. The smallest absolute Gasteiger partial charge is 0.407 e. The summed E-state index contributed by atoms with van der Waals surface area (Å²) in [6, 6.07) is 2.46. The van der Waals surface area contributed by atoms with Crippen LogP contribution in [-0.2, 0) is 14.3 Å². The molecule has 150 valence electrons. The number of halogens is 1. The average molecular weight is 444 g/mol. The van der Waals surface area contributed by atoms with Crippen LogP contribution in [0.15, 0.2) is 22.9 Å². The Labute approximate surface area is 167 Å². The maximum Gasteiger partial charge on any atom is 0.407 e. The van der Waals surface area contributed by atoms with Crippen molar-refractivity contribution < 1.29 is 23.9 Å². The number of nitrogens with one attached hydrogen (secondary N) is 2. The van der Waals surface area contributed by atoms with Crippen molar-refractivity contribution in [3.63, 3.8) is 0 Å². The van der Waals surface area contributed by atoms with Gasteiger partial charge in [0.25, 0.3) is 5.91 Å². The molecular weight excluding hydrogens is 418 g/mol. The third kappa shape index (κ3) is 8.85. The van der Waals surface area contributed by atoms with E-state index in [1.165, 1.54) is 7.11 Å². The number of alkyl carbamates (subject to hydrolysis) is 1. The van der Waals surface area contributed by atoms with Gasteiger partial charge in [0, 0.05) is 12.7 Å². The normalized spacial score (nSPS) is 12.0. The Morgan fingerprint density at radius 3 is 2.56 bits per heavy atom. The van der Waals surface area contributed by atoms with Gasteiger partial charge < -0.3 is 20.1 Å². The van der Waals surface area contributed by atoms with E-state index in [4.69, 9.17) is 9.47 Å². The van der Waals surface area contributed by atoms with Gasteiger partial charge in [-0.2, -0.15) is 0 Å². The Kier molecular flexibility index (Phi) is 9.20. The number of nitrogens with zero attached hydrogens (tertiary/aromatic N) is 1. The van der Waals surface area contributed by atoms with Crippen LogP contribution >= 0.6 is 15.9 Å². The SMILES string of the molecule is COC(=O)[C@H](CCCCNC(=O)OC(C)(C)C)NC(=O)c1cccnc1Br. The minimum Gasteiger partial charge on any atom is -0.467 e. The number of hydrogen-bond donors (Lipinski definition) is 2. The van der Waals surface area contributed by atoms with Gasteiger partial charge in [-0.15, -0.1) is 0 Å². The molecule has 0 aliphatic heterocycles. The molecule has 2 amide bonds. The number of amides is 2. The van der Waals surface area contributed by atoms with E-state index in [1.54, 1.807) is 39.1 Å². The highest BCUT2D eigenvalue weighted by Gasteiger charge is 2.23. The fraction of sp³-hybridized carbons (Fsp3) is 0.556. The van der Waals surface area contributed by atoms with Crippen LogP contribution < -0.4 is 10.6 Å². The zero-order valence-electron chi connectivity index (χ0n) is 16.0. The van der Waals surface area contributed by atoms with Gasteiger partial charge in [-0.3, -0.25) is 4.79 Å². The average Bonchev–Trinajstić information content (AvgIpc) is 2.58. The van der Waals surface area contributed by atoms with Crippen LogP contribution in [0.2, 0.25) is 0 Å². The van der Waals surface area contributed by atoms with Crippen LogP contribution in [0.1, 0.15) is 50.4 Å². The largest absolute Gasteiger partial charge is 0.467 e. The lowest BCUT2D eigenvalue weighted by Gasteiger charge is -2.20. The fourth-order valence-corrected chi connectivity index (χ4v) is 2.59. The Bertz CT molecular complexity index is 661. The van der Waals surface area contributed by atoms with Crippen molar-refractivity contribution in [2.24, 2.45) is 0 Å². The topological polar surface area (TPSA) is 107 Å². The molecule has 0 saturated heterocycles. The van der Waals surface area contributed by atoms with Crippen LogP contribution in [0.3, 0.4) is 0 Å². The second kappa shape index (κ2) is 10.9. The Morgan fingerprint density at radius 1 is 1.26 bits per heavy atom. The van der Waals surface area contributed by atoms with E-state index in [0.29, 0.717) is 36.0 Å². The number of unbranched alkanes of at least 4 members (excludes halogenated alkanes) is 1. The highest BCUT2D eigenvalue weighted by atomic mass is 79.9. The van der Waals surface area contributed by atoms with E-state index in [2.05, 4.69) is 31.5 Å². The molecule has 27 heavy (non-hydrogen) atoms. The van der Waals surface area contributed by atoms with Crippen LogP contribution in [0.25, 0.3) is 0 Å². The molecule has 8 nitrogen and oxygen atoms in total. The molecule has 1 aromatic rings. The first-order valence-electron chi connectivity index (χ1n) is 8.60. The molecule has 0 aliphatic carbocycles. The predicted molar refractivity (Wildman–Crippen MR) is 103 cm³/mol. The molecule has 0 fully saturated rings. The summed E-state index contributed by atoms with van der Waals surface area (Å²) in [6.45, 7) is 5.77. The van der Waals surface area contributed by atoms with Gasteiger partial charge in [0.2, 0.25) is 0 Å². The van der Waals surface area contributed by atoms with E-state index in [1.807, 2.05) is 0 Å². The zero-order chi connectivity index (χ0) is 20.4. The minimum absolute atomic E-state index is 0.331. The first-order chi connectivity index (χ1) is 12.6. The van der Waals surface area contributed by atoms with Gasteiger partial charge in [0.15, 0.2) is 0 Å². The molecule has 1 atom stereocenters. The van der Waals surface area contributed by atoms with Gasteiger partial charge in [-0.05, 0) is 68.1 Å². The number of pyridine rings is 1. The molecule has 0 aromatic carbocycles. The lowest BCUT2D eigenvalue weighted by Crippen LogP contribution is -2.41. The number of carbonyl (C=O) groups is 3. The third-order valence-electron chi connectivity index (χ3n) is 3.38. The number of esters is 1. The maximum absolute atomic E-state index is 12.3. The lowest BCUT2D eigenvalue weighted by atomic mass is 10.1. The van der Waals surface area contributed by atoms with Crippen molar-refractivity contribution in [3.05, 3.63) is 28.5 Å². The van der Waals surface area contributed by atoms with Crippen molar-refractivity contribution in [1.82, 2.24) is 15.6 Å². The molecule has 1 heterocycles. The van der Waals surface area contributed by atoms with Gasteiger partial charge in [-0.25, -0.2) is 14.6 Å². The predicted octanol–water partition coefficient (Wildman–Crippen LogP) is 2.81. The quantitative estimate of drug-likeness (QED) is 0.363. The highest BCUT2D eigenvalue weighted by Crippen LogP contribution is 2.13. The van der Waals surface area contributed by atoms with E-state index >= 15 is 0 Å². The minimum atomic E-state index is -0.781.